The van der Waals surface area contributed by atoms with Crippen LogP contribution in [0.1, 0.15) is 24.0 Å². The predicted molar refractivity (Wildman–Crippen MR) is 96.1 cm³/mol. The molecule has 0 aliphatic carbocycles. The summed E-state index contributed by atoms with van der Waals surface area (Å²) in [6, 6.07) is 12.7. The molecule has 25 heavy (non-hydrogen) atoms. The number of hydrogen-bond donors (Lipinski definition) is 2. The van der Waals surface area contributed by atoms with Gasteiger partial charge in [-0.2, -0.15) is 0 Å². The van der Waals surface area contributed by atoms with Gasteiger partial charge in [-0.1, -0.05) is 29.8 Å². The molecule has 0 spiro atoms. The van der Waals surface area contributed by atoms with E-state index in [0.29, 0.717) is 12.1 Å². The molecule has 0 atom stereocenters. The second kappa shape index (κ2) is 7.25. The first-order valence-corrected chi connectivity index (χ1v) is 9.60. The Morgan fingerprint density at radius 2 is 1.84 bits per heavy atom. The number of hydrogen-bond acceptors (Lipinski definition) is 4. The van der Waals surface area contributed by atoms with Gasteiger partial charge in [-0.3, -0.25) is 4.98 Å². The lowest BCUT2D eigenvalue weighted by atomic mass is 10.1. The van der Waals surface area contributed by atoms with Crippen molar-refractivity contribution in [2.24, 2.45) is 0 Å². The number of sulfonamides is 1. The highest BCUT2D eigenvalue weighted by molar-refractivity contribution is 7.89. The first kappa shape index (κ1) is 17.4. The molecule has 132 valence electrons. The molecule has 0 fully saturated rings. The van der Waals surface area contributed by atoms with E-state index in [4.69, 9.17) is 4.42 Å². The molecule has 3 rings (SSSR count). The van der Waals surface area contributed by atoms with Crippen LogP contribution in [0.25, 0.3) is 11.1 Å². The first-order chi connectivity index (χ1) is 11.9. The summed E-state index contributed by atoms with van der Waals surface area (Å²) in [6.07, 6.45) is 2.56. The molecule has 2 aromatic carbocycles. The van der Waals surface area contributed by atoms with Crippen LogP contribution in [0.5, 0.6) is 0 Å². The lowest BCUT2D eigenvalue weighted by molar-refractivity contribution is 0.553. The molecule has 0 unspecified atom stereocenters. The standard InChI is InChI=1S/C18H20N2O4S/c1-13-5-7-14(8-6-13)4-2-3-11-19-25(22,23)15-9-10-16-17(12-15)24-18(21)20-16/h5-10,12,19H,2-4,11H2,1H3,(H,20,21). The molecular weight excluding hydrogens is 340 g/mol. The predicted octanol–water partition coefficient (Wildman–Crippen LogP) is 2.73. The summed E-state index contributed by atoms with van der Waals surface area (Å²) in [7, 11) is -3.62. The van der Waals surface area contributed by atoms with Gasteiger partial charge in [0.25, 0.3) is 0 Å². The SMILES string of the molecule is Cc1ccc(CCCCNS(=O)(=O)c2ccc3[nH]c(=O)oc3c2)cc1. The number of rotatable bonds is 7. The van der Waals surface area contributed by atoms with Crippen molar-refractivity contribution in [3.63, 3.8) is 0 Å². The van der Waals surface area contributed by atoms with Crippen molar-refractivity contribution in [2.75, 3.05) is 6.54 Å². The van der Waals surface area contributed by atoms with E-state index in [2.05, 4.69) is 40.9 Å². The third-order valence-corrected chi connectivity index (χ3v) is 5.47. The van der Waals surface area contributed by atoms with E-state index in [1.165, 1.54) is 29.3 Å². The highest BCUT2D eigenvalue weighted by atomic mass is 32.2. The van der Waals surface area contributed by atoms with Crippen molar-refractivity contribution in [1.29, 1.82) is 0 Å². The van der Waals surface area contributed by atoms with Crippen molar-refractivity contribution in [3.8, 4) is 0 Å². The Morgan fingerprint density at radius 3 is 2.60 bits per heavy atom. The maximum absolute atomic E-state index is 12.3. The van der Waals surface area contributed by atoms with Gasteiger partial charge in [-0.25, -0.2) is 17.9 Å². The molecule has 0 aliphatic rings. The Bertz CT molecular complexity index is 1020. The van der Waals surface area contributed by atoms with Gasteiger partial charge in [0.2, 0.25) is 10.0 Å². The maximum atomic E-state index is 12.3. The third-order valence-electron chi connectivity index (χ3n) is 4.01. The van der Waals surface area contributed by atoms with Gasteiger partial charge in [-0.15, -0.1) is 0 Å². The van der Waals surface area contributed by atoms with E-state index >= 15 is 0 Å². The first-order valence-electron chi connectivity index (χ1n) is 8.12. The second-order valence-corrected chi connectivity index (χ2v) is 7.78. The number of unbranched alkanes of at least 4 members (excludes halogenated alkanes) is 1. The van der Waals surface area contributed by atoms with Crippen LogP contribution in [0.2, 0.25) is 0 Å². The number of aryl methyl sites for hydroxylation is 2. The molecule has 2 N–H and O–H groups in total. The quantitative estimate of drug-likeness (QED) is 0.634. The van der Waals surface area contributed by atoms with E-state index in [-0.39, 0.29) is 10.5 Å². The molecule has 1 heterocycles. The molecule has 0 radical (unpaired) electrons. The maximum Gasteiger partial charge on any atom is 0.417 e. The number of H-pyrrole nitrogens is 1. The second-order valence-electron chi connectivity index (χ2n) is 6.01. The summed E-state index contributed by atoms with van der Waals surface area (Å²) in [4.78, 5) is 13.7. The minimum atomic E-state index is -3.62. The summed E-state index contributed by atoms with van der Waals surface area (Å²) in [5, 5.41) is 0. The van der Waals surface area contributed by atoms with Crippen molar-refractivity contribution in [3.05, 3.63) is 64.1 Å². The zero-order valence-electron chi connectivity index (χ0n) is 13.9. The number of aromatic nitrogens is 1. The molecule has 0 aliphatic heterocycles. The van der Waals surface area contributed by atoms with Crippen LogP contribution in [-0.2, 0) is 16.4 Å². The van der Waals surface area contributed by atoms with E-state index in [1.54, 1.807) is 0 Å². The van der Waals surface area contributed by atoms with Gasteiger partial charge in [0.15, 0.2) is 5.58 Å². The minimum Gasteiger partial charge on any atom is -0.408 e. The average molecular weight is 360 g/mol. The van der Waals surface area contributed by atoms with E-state index < -0.39 is 15.8 Å². The molecule has 0 amide bonds. The smallest absolute Gasteiger partial charge is 0.408 e. The number of oxazole rings is 1. The van der Waals surface area contributed by atoms with Crippen LogP contribution in [-0.4, -0.2) is 19.9 Å². The summed E-state index contributed by atoms with van der Waals surface area (Å²) < 4.78 is 32.1. The number of benzene rings is 2. The topological polar surface area (TPSA) is 92.2 Å². The summed E-state index contributed by atoms with van der Waals surface area (Å²) in [5.41, 5.74) is 3.18. The molecule has 6 nitrogen and oxygen atoms in total. The Balaban J connectivity index is 1.54. The van der Waals surface area contributed by atoms with E-state index in [0.717, 1.165) is 19.3 Å². The zero-order chi connectivity index (χ0) is 17.9. The number of fused-ring (bicyclic) bond motifs is 1. The largest absolute Gasteiger partial charge is 0.417 e. The van der Waals surface area contributed by atoms with Gasteiger partial charge >= 0.3 is 5.76 Å². The summed E-state index contributed by atoms with van der Waals surface area (Å²) >= 11 is 0. The molecule has 3 aromatic rings. The highest BCUT2D eigenvalue weighted by Crippen LogP contribution is 2.16. The normalized spacial score (nSPS) is 11.9. The molecule has 0 saturated heterocycles. The van der Waals surface area contributed by atoms with Crippen molar-refractivity contribution in [1.82, 2.24) is 9.71 Å². The van der Waals surface area contributed by atoms with Gasteiger partial charge in [0.05, 0.1) is 10.4 Å². The van der Waals surface area contributed by atoms with Crippen molar-refractivity contribution < 1.29 is 12.8 Å². The molecule has 1 aromatic heterocycles. The van der Waals surface area contributed by atoms with E-state index in [1.807, 2.05) is 0 Å². The van der Waals surface area contributed by atoms with Gasteiger partial charge in [0.1, 0.15) is 0 Å². The Hall–Kier alpha value is -2.38. The Morgan fingerprint density at radius 1 is 1.08 bits per heavy atom. The number of nitrogens with one attached hydrogen (secondary N) is 2. The fourth-order valence-corrected chi connectivity index (χ4v) is 3.68. The fraction of sp³-hybridized carbons (Fsp3) is 0.278. The lowest BCUT2D eigenvalue weighted by Gasteiger charge is -2.07. The average Bonchev–Trinajstić information content (AvgIpc) is 2.95. The third kappa shape index (κ3) is 4.37. The minimum absolute atomic E-state index is 0.0845. The highest BCUT2D eigenvalue weighted by Gasteiger charge is 2.15. The van der Waals surface area contributed by atoms with Gasteiger partial charge in [-0.05, 0) is 43.9 Å². The van der Waals surface area contributed by atoms with Crippen LogP contribution in [0.3, 0.4) is 0 Å². The van der Waals surface area contributed by atoms with Crippen LogP contribution < -0.4 is 10.5 Å². The summed E-state index contributed by atoms with van der Waals surface area (Å²) in [6.45, 7) is 2.41. The van der Waals surface area contributed by atoms with Gasteiger partial charge < -0.3 is 4.42 Å². The van der Waals surface area contributed by atoms with E-state index in [9.17, 15) is 13.2 Å². The Kier molecular flexibility index (Phi) is 5.06. The van der Waals surface area contributed by atoms with Crippen LogP contribution >= 0.6 is 0 Å². The Labute approximate surface area is 145 Å². The van der Waals surface area contributed by atoms with Gasteiger partial charge in [0, 0.05) is 12.6 Å². The number of aromatic amines is 1. The molecular formula is C18H20N2O4S. The van der Waals surface area contributed by atoms with Crippen LogP contribution in [0.4, 0.5) is 0 Å². The summed E-state index contributed by atoms with van der Waals surface area (Å²) in [5.74, 6) is -0.603. The van der Waals surface area contributed by atoms with Crippen molar-refractivity contribution in [2.45, 2.75) is 31.1 Å². The molecule has 0 saturated carbocycles. The fourth-order valence-electron chi connectivity index (χ4n) is 2.59. The van der Waals surface area contributed by atoms with Crippen LogP contribution in [0.15, 0.2) is 56.6 Å². The monoisotopic (exact) mass is 360 g/mol. The zero-order valence-corrected chi connectivity index (χ0v) is 14.7. The molecule has 7 heteroatoms. The van der Waals surface area contributed by atoms with Crippen molar-refractivity contribution >= 4 is 21.1 Å². The lowest BCUT2D eigenvalue weighted by Crippen LogP contribution is -2.24. The molecule has 0 bridgehead atoms. The van der Waals surface area contributed by atoms with Crippen LogP contribution in [0, 0.1) is 6.92 Å².